The second-order valence-corrected chi connectivity index (χ2v) is 7.86. The molecule has 0 aliphatic carbocycles. The number of hydrogen-bond donors (Lipinski definition) is 0. The molecular formula is C21H31FN2O. The molecule has 1 spiro atoms. The molecule has 1 aromatic rings. The summed E-state index contributed by atoms with van der Waals surface area (Å²) >= 11 is 0. The van der Waals surface area contributed by atoms with Gasteiger partial charge < -0.3 is 9.80 Å². The Labute approximate surface area is 151 Å². The van der Waals surface area contributed by atoms with Gasteiger partial charge >= 0.3 is 0 Å². The fourth-order valence-corrected chi connectivity index (χ4v) is 4.49. The summed E-state index contributed by atoms with van der Waals surface area (Å²) in [5.41, 5.74) is 1.48. The van der Waals surface area contributed by atoms with E-state index in [4.69, 9.17) is 0 Å². The van der Waals surface area contributed by atoms with Crippen LogP contribution in [0, 0.1) is 5.41 Å². The third-order valence-electron chi connectivity index (χ3n) is 5.81. The van der Waals surface area contributed by atoms with Gasteiger partial charge in [0.15, 0.2) is 0 Å². The molecule has 138 valence electrons. The summed E-state index contributed by atoms with van der Waals surface area (Å²) in [6, 6.07) is 10.3. The fourth-order valence-electron chi connectivity index (χ4n) is 4.49. The van der Waals surface area contributed by atoms with Gasteiger partial charge in [0.25, 0.3) is 0 Å². The van der Waals surface area contributed by atoms with Gasteiger partial charge in [-0.1, -0.05) is 30.3 Å². The van der Waals surface area contributed by atoms with Crippen molar-refractivity contribution in [2.45, 2.75) is 51.5 Å². The highest BCUT2D eigenvalue weighted by atomic mass is 19.1. The minimum Gasteiger partial charge on any atom is -0.338 e. The lowest BCUT2D eigenvalue weighted by atomic mass is 9.73. The van der Waals surface area contributed by atoms with Crippen LogP contribution in [0.15, 0.2) is 30.3 Å². The predicted octanol–water partition coefficient (Wildman–Crippen LogP) is 4.03. The topological polar surface area (TPSA) is 23.6 Å². The number of hydrogen-bond acceptors (Lipinski definition) is 2. The van der Waals surface area contributed by atoms with Crippen molar-refractivity contribution in [1.29, 1.82) is 0 Å². The second kappa shape index (κ2) is 8.79. The Kier molecular flexibility index (Phi) is 6.46. The van der Waals surface area contributed by atoms with Crippen LogP contribution in [0.25, 0.3) is 0 Å². The van der Waals surface area contributed by atoms with Crippen molar-refractivity contribution in [1.82, 2.24) is 9.80 Å². The molecular weight excluding hydrogens is 315 g/mol. The van der Waals surface area contributed by atoms with Crippen molar-refractivity contribution >= 4 is 5.91 Å². The van der Waals surface area contributed by atoms with Crippen molar-refractivity contribution < 1.29 is 9.18 Å². The molecule has 0 bridgehead atoms. The average Bonchev–Trinajstić information content (AvgIpc) is 2.63. The number of carbonyl (C=O) groups excluding carboxylic acids is 1. The van der Waals surface area contributed by atoms with Crippen LogP contribution in [-0.4, -0.2) is 48.6 Å². The molecule has 1 amide bonds. The zero-order chi connectivity index (χ0) is 17.5. The Morgan fingerprint density at radius 3 is 2.68 bits per heavy atom. The van der Waals surface area contributed by atoms with Crippen LogP contribution in [0.3, 0.4) is 0 Å². The molecule has 0 aromatic heterocycles. The minimum absolute atomic E-state index is 0.194. The largest absolute Gasteiger partial charge is 0.338 e. The van der Waals surface area contributed by atoms with Gasteiger partial charge in [-0.25, -0.2) is 0 Å². The summed E-state index contributed by atoms with van der Waals surface area (Å²) in [5.74, 6) is 0.301. The van der Waals surface area contributed by atoms with E-state index in [9.17, 15) is 9.18 Å². The van der Waals surface area contributed by atoms with Gasteiger partial charge in [0.2, 0.25) is 5.91 Å². The molecule has 2 aliphatic heterocycles. The number of benzene rings is 1. The van der Waals surface area contributed by atoms with E-state index in [0.29, 0.717) is 18.7 Å². The Hall–Kier alpha value is -1.42. The van der Waals surface area contributed by atoms with Gasteiger partial charge in [-0.15, -0.1) is 0 Å². The summed E-state index contributed by atoms with van der Waals surface area (Å²) in [6.45, 7) is 4.76. The van der Waals surface area contributed by atoms with Gasteiger partial charge in [-0.2, -0.15) is 0 Å². The summed E-state index contributed by atoms with van der Waals surface area (Å²) in [7, 11) is 0. The first-order valence-corrected chi connectivity index (χ1v) is 9.81. The number of halogens is 1. The minimum atomic E-state index is -0.194. The highest BCUT2D eigenvalue weighted by molar-refractivity contribution is 5.77. The maximum absolute atomic E-state index is 12.4. The first kappa shape index (κ1) is 18.4. The number of piperidine rings is 2. The van der Waals surface area contributed by atoms with Gasteiger partial charge in [0, 0.05) is 31.5 Å². The van der Waals surface area contributed by atoms with Crippen LogP contribution in [0.2, 0.25) is 0 Å². The molecule has 3 rings (SSSR count). The maximum atomic E-state index is 12.4. The van der Waals surface area contributed by atoms with Crippen LogP contribution in [0.1, 0.15) is 50.5 Å². The Bertz CT molecular complexity index is 550. The fraction of sp³-hybridized carbons (Fsp3) is 0.667. The second-order valence-electron chi connectivity index (χ2n) is 7.86. The van der Waals surface area contributed by atoms with Crippen LogP contribution < -0.4 is 0 Å². The first-order chi connectivity index (χ1) is 12.2. The number of alkyl halides is 1. The maximum Gasteiger partial charge on any atom is 0.222 e. The Morgan fingerprint density at radius 2 is 1.88 bits per heavy atom. The number of rotatable bonds is 7. The molecule has 25 heavy (non-hydrogen) atoms. The molecule has 0 saturated carbocycles. The van der Waals surface area contributed by atoms with Crippen molar-refractivity contribution in [2.75, 3.05) is 32.9 Å². The Balaban J connectivity index is 1.57. The van der Waals surface area contributed by atoms with E-state index in [0.717, 1.165) is 52.0 Å². The lowest BCUT2D eigenvalue weighted by Crippen LogP contribution is -2.53. The summed E-state index contributed by atoms with van der Waals surface area (Å²) in [5, 5.41) is 0. The number of amides is 1. The molecule has 4 heteroatoms. The van der Waals surface area contributed by atoms with Crippen molar-refractivity contribution in [3.63, 3.8) is 0 Å². The normalized spacial score (nSPS) is 24.8. The quantitative estimate of drug-likeness (QED) is 0.696. The van der Waals surface area contributed by atoms with E-state index in [2.05, 4.69) is 21.9 Å². The standard InChI is InChI=1S/C21H31FN2O/c22-13-5-2-6-14-23-15-7-11-21(17-23)12-10-20(25)24(18-21)16-19-8-3-1-4-9-19/h1,3-4,8-9H,2,5-7,10-18H2. The average molecular weight is 346 g/mol. The lowest BCUT2D eigenvalue weighted by Gasteiger charge is -2.48. The van der Waals surface area contributed by atoms with Gasteiger partial charge in [-0.3, -0.25) is 9.18 Å². The zero-order valence-corrected chi connectivity index (χ0v) is 15.3. The summed E-state index contributed by atoms with van der Waals surface area (Å²) in [6.07, 6.45) is 6.92. The van der Waals surface area contributed by atoms with E-state index < -0.39 is 0 Å². The number of likely N-dealkylation sites (tertiary alicyclic amines) is 2. The lowest BCUT2D eigenvalue weighted by molar-refractivity contribution is -0.140. The van der Waals surface area contributed by atoms with Crippen molar-refractivity contribution in [3.05, 3.63) is 35.9 Å². The van der Waals surface area contributed by atoms with Gasteiger partial charge in [0.1, 0.15) is 0 Å². The summed E-state index contributed by atoms with van der Waals surface area (Å²) in [4.78, 5) is 17.1. The van der Waals surface area contributed by atoms with E-state index in [1.807, 2.05) is 18.2 Å². The molecule has 1 aromatic carbocycles. The van der Waals surface area contributed by atoms with Crippen LogP contribution in [0.5, 0.6) is 0 Å². The van der Waals surface area contributed by atoms with E-state index in [1.165, 1.54) is 18.4 Å². The van der Waals surface area contributed by atoms with Gasteiger partial charge in [-0.05, 0) is 57.2 Å². The zero-order valence-electron chi connectivity index (χ0n) is 15.3. The van der Waals surface area contributed by atoms with Crippen molar-refractivity contribution in [2.24, 2.45) is 5.41 Å². The SMILES string of the molecule is O=C1CCC2(CCCN(CCCCCF)C2)CN1Cc1ccccc1. The molecule has 2 saturated heterocycles. The van der Waals surface area contributed by atoms with E-state index >= 15 is 0 Å². The van der Waals surface area contributed by atoms with E-state index in [1.54, 1.807) is 0 Å². The van der Waals surface area contributed by atoms with Gasteiger partial charge in [0.05, 0.1) is 6.67 Å². The molecule has 0 radical (unpaired) electrons. The third-order valence-corrected chi connectivity index (χ3v) is 5.81. The summed E-state index contributed by atoms with van der Waals surface area (Å²) < 4.78 is 12.3. The molecule has 3 nitrogen and oxygen atoms in total. The monoisotopic (exact) mass is 346 g/mol. The highest BCUT2D eigenvalue weighted by Gasteiger charge is 2.41. The number of unbranched alkanes of at least 4 members (excludes halogenated alkanes) is 2. The molecule has 1 atom stereocenters. The van der Waals surface area contributed by atoms with E-state index in [-0.39, 0.29) is 12.1 Å². The molecule has 2 aliphatic rings. The first-order valence-electron chi connectivity index (χ1n) is 9.81. The van der Waals surface area contributed by atoms with Crippen molar-refractivity contribution in [3.8, 4) is 0 Å². The van der Waals surface area contributed by atoms with Crippen LogP contribution in [-0.2, 0) is 11.3 Å². The number of nitrogens with zero attached hydrogens (tertiary/aromatic N) is 2. The number of carbonyl (C=O) groups is 1. The molecule has 2 heterocycles. The smallest absolute Gasteiger partial charge is 0.222 e. The molecule has 0 N–H and O–H groups in total. The molecule has 2 fully saturated rings. The van der Waals surface area contributed by atoms with Crippen LogP contribution >= 0.6 is 0 Å². The Morgan fingerprint density at radius 1 is 1.04 bits per heavy atom. The van der Waals surface area contributed by atoms with Crippen LogP contribution in [0.4, 0.5) is 4.39 Å². The predicted molar refractivity (Wildman–Crippen MR) is 99.0 cm³/mol. The molecule has 1 unspecified atom stereocenters. The third kappa shape index (κ3) is 5.04. The highest BCUT2D eigenvalue weighted by Crippen LogP contribution is 2.39.